The van der Waals surface area contributed by atoms with Crippen LogP contribution in [0.5, 0.6) is 0 Å². The van der Waals surface area contributed by atoms with Gasteiger partial charge in [-0.15, -0.1) is 0 Å². The van der Waals surface area contributed by atoms with E-state index in [0.717, 1.165) is 25.7 Å². The quantitative estimate of drug-likeness (QED) is 0.647. The number of hydrogen-bond donors (Lipinski definition) is 1. The van der Waals surface area contributed by atoms with Gasteiger partial charge in [0.15, 0.2) is 0 Å². The highest BCUT2D eigenvalue weighted by atomic mass is 16.6. The third kappa shape index (κ3) is 5.94. The van der Waals surface area contributed by atoms with Gasteiger partial charge in [-0.1, -0.05) is 41.0 Å². The van der Waals surface area contributed by atoms with Gasteiger partial charge in [-0.3, -0.25) is 4.79 Å². The molecule has 0 rings (SSSR count). The van der Waals surface area contributed by atoms with E-state index in [2.05, 4.69) is 41.5 Å². The molecule has 3 heteroatoms. The molecule has 0 radical (unpaired) electrons. The van der Waals surface area contributed by atoms with E-state index < -0.39 is 6.04 Å². The predicted molar refractivity (Wildman–Crippen MR) is 80.9 cm³/mol. The van der Waals surface area contributed by atoms with E-state index in [4.69, 9.17) is 10.5 Å². The summed E-state index contributed by atoms with van der Waals surface area (Å²) < 4.78 is 5.79. The van der Waals surface area contributed by atoms with Crippen LogP contribution in [0.2, 0.25) is 0 Å². The van der Waals surface area contributed by atoms with Gasteiger partial charge in [-0.2, -0.15) is 0 Å². The molecule has 0 aromatic rings. The Morgan fingerprint density at radius 3 is 2.21 bits per heavy atom. The molecule has 0 aromatic carbocycles. The first-order chi connectivity index (χ1) is 8.80. The molecule has 0 bridgehead atoms. The molecule has 0 aliphatic carbocycles. The van der Waals surface area contributed by atoms with Crippen molar-refractivity contribution in [3.8, 4) is 0 Å². The SMILES string of the molecule is CCCC(CC)C(C)(CC)OC(=O)C(N)CC(C)C. The zero-order valence-corrected chi connectivity index (χ0v) is 13.7. The first-order valence-corrected chi connectivity index (χ1v) is 7.79. The van der Waals surface area contributed by atoms with Crippen molar-refractivity contribution in [2.75, 3.05) is 0 Å². The van der Waals surface area contributed by atoms with Crippen molar-refractivity contribution in [3.05, 3.63) is 0 Å². The molecule has 3 atom stereocenters. The summed E-state index contributed by atoms with van der Waals surface area (Å²) in [5, 5.41) is 0. The van der Waals surface area contributed by atoms with E-state index in [1.807, 2.05) is 0 Å². The largest absolute Gasteiger partial charge is 0.458 e. The van der Waals surface area contributed by atoms with E-state index in [1.165, 1.54) is 0 Å². The van der Waals surface area contributed by atoms with Gasteiger partial charge in [0.05, 0.1) is 0 Å². The Bertz CT molecular complexity index is 265. The van der Waals surface area contributed by atoms with Crippen LogP contribution in [-0.4, -0.2) is 17.6 Å². The molecule has 0 spiro atoms. The van der Waals surface area contributed by atoms with Crippen molar-refractivity contribution in [2.45, 2.75) is 85.3 Å². The highest BCUT2D eigenvalue weighted by Gasteiger charge is 2.36. The van der Waals surface area contributed by atoms with Crippen molar-refractivity contribution in [1.29, 1.82) is 0 Å². The molecular weight excluding hydrogens is 238 g/mol. The minimum absolute atomic E-state index is 0.243. The van der Waals surface area contributed by atoms with Gasteiger partial charge in [0.1, 0.15) is 11.6 Å². The summed E-state index contributed by atoms with van der Waals surface area (Å²) in [5.74, 6) is 0.582. The van der Waals surface area contributed by atoms with E-state index >= 15 is 0 Å². The Balaban J connectivity index is 4.71. The minimum atomic E-state index is -0.495. The van der Waals surface area contributed by atoms with Gasteiger partial charge in [0.25, 0.3) is 0 Å². The van der Waals surface area contributed by atoms with Crippen molar-refractivity contribution in [3.63, 3.8) is 0 Å². The van der Waals surface area contributed by atoms with Crippen molar-refractivity contribution in [2.24, 2.45) is 17.6 Å². The van der Waals surface area contributed by atoms with Crippen molar-refractivity contribution in [1.82, 2.24) is 0 Å². The van der Waals surface area contributed by atoms with Crippen LogP contribution in [-0.2, 0) is 9.53 Å². The Kier molecular flexibility index (Phi) is 8.31. The molecule has 0 fully saturated rings. The summed E-state index contributed by atoms with van der Waals surface area (Å²) in [6, 6.07) is -0.495. The molecule has 0 aromatic heterocycles. The second kappa shape index (κ2) is 8.57. The first kappa shape index (κ1) is 18.4. The molecule has 0 saturated heterocycles. The van der Waals surface area contributed by atoms with Crippen LogP contribution in [0.3, 0.4) is 0 Å². The molecule has 0 saturated carbocycles. The summed E-state index contributed by atoms with van der Waals surface area (Å²) in [6.45, 7) is 12.6. The van der Waals surface area contributed by atoms with Gasteiger partial charge in [-0.05, 0) is 44.4 Å². The molecule has 0 heterocycles. The molecule has 3 nitrogen and oxygen atoms in total. The smallest absolute Gasteiger partial charge is 0.323 e. The van der Waals surface area contributed by atoms with Crippen LogP contribution in [0.15, 0.2) is 0 Å². The number of hydrogen-bond acceptors (Lipinski definition) is 3. The summed E-state index contributed by atoms with van der Waals surface area (Å²) in [4.78, 5) is 12.1. The van der Waals surface area contributed by atoms with Crippen LogP contribution >= 0.6 is 0 Å². The third-order valence-electron chi connectivity index (χ3n) is 4.06. The van der Waals surface area contributed by atoms with Crippen LogP contribution in [0.1, 0.15) is 73.6 Å². The zero-order chi connectivity index (χ0) is 15.1. The van der Waals surface area contributed by atoms with E-state index in [1.54, 1.807) is 0 Å². The van der Waals surface area contributed by atoms with Gasteiger partial charge >= 0.3 is 5.97 Å². The molecule has 114 valence electrons. The molecule has 0 aliphatic rings. The maximum absolute atomic E-state index is 12.1. The Labute approximate surface area is 119 Å². The van der Waals surface area contributed by atoms with E-state index in [0.29, 0.717) is 18.3 Å². The second-order valence-corrected chi connectivity index (χ2v) is 6.22. The zero-order valence-electron chi connectivity index (χ0n) is 13.7. The molecule has 0 amide bonds. The predicted octanol–water partition coefficient (Wildman–Crippen LogP) is 3.90. The lowest BCUT2D eigenvalue weighted by molar-refractivity contribution is -0.167. The van der Waals surface area contributed by atoms with Gasteiger partial charge in [0, 0.05) is 0 Å². The van der Waals surface area contributed by atoms with E-state index in [-0.39, 0.29) is 11.6 Å². The molecule has 19 heavy (non-hydrogen) atoms. The van der Waals surface area contributed by atoms with Crippen LogP contribution in [0.25, 0.3) is 0 Å². The summed E-state index contributed by atoms with van der Waals surface area (Å²) in [7, 11) is 0. The Morgan fingerprint density at radius 1 is 1.26 bits per heavy atom. The number of esters is 1. The van der Waals surface area contributed by atoms with Crippen LogP contribution in [0, 0.1) is 11.8 Å². The van der Waals surface area contributed by atoms with E-state index in [9.17, 15) is 4.79 Å². The Morgan fingerprint density at radius 2 is 1.84 bits per heavy atom. The number of carbonyl (C=O) groups is 1. The lowest BCUT2D eigenvalue weighted by Gasteiger charge is -2.37. The summed E-state index contributed by atoms with van der Waals surface area (Å²) >= 11 is 0. The first-order valence-electron chi connectivity index (χ1n) is 7.79. The van der Waals surface area contributed by atoms with Gasteiger partial charge < -0.3 is 10.5 Å². The number of ether oxygens (including phenoxy) is 1. The highest BCUT2D eigenvalue weighted by Crippen LogP contribution is 2.32. The van der Waals surface area contributed by atoms with Crippen molar-refractivity contribution < 1.29 is 9.53 Å². The molecular formula is C16H33NO2. The summed E-state index contributed by atoms with van der Waals surface area (Å²) in [6.07, 6.45) is 4.76. The fourth-order valence-corrected chi connectivity index (χ4v) is 2.64. The second-order valence-electron chi connectivity index (χ2n) is 6.22. The standard InChI is InChI=1S/C16H33NO2/c1-7-10-13(8-2)16(6,9-3)19-15(18)14(17)11-12(4)5/h12-14H,7-11,17H2,1-6H3. The Hall–Kier alpha value is -0.570. The maximum atomic E-state index is 12.1. The van der Waals surface area contributed by atoms with Crippen LogP contribution < -0.4 is 5.73 Å². The fourth-order valence-electron chi connectivity index (χ4n) is 2.64. The number of rotatable bonds is 9. The average molecular weight is 271 g/mol. The lowest BCUT2D eigenvalue weighted by atomic mass is 9.81. The normalized spacial score (nSPS) is 17.9. The van der Waals surface area contributed by atoms with Gasteiger partial charge in [0.2, 0.25) is 0 Å². The molecule has 3 unspecified atom stereocenters. The molecule has 2 N–H and O–H groups in total. The lowest BCUT2D eigenvalue weighted by Crippen LogP contribution is -2.44. The van der Waals surface area contributed by atoms with Crippen LogP contribution in [0.4, 0.5) is 0 Å². The maximum Gasteiger partial charge on any atom is 0.323 e. The molecule has 0 aliphatic heterocycles. The number of nitrogens with two attached hydrogens (primary N) is 1. The number of carbonyl (C=O) groups excluding carboxylic acids is 1. The fraction of sp³-hybridized carbons (Fsp3) is 0.938. The topological polar surface area (TPSA) is 52.3 Å². The van der Waals surface area contributed by atoms with Gasteiger partial charge in [-0.25, -0.2) is 0 Å². The van der Waals surface area contributed by atoms with Crippen molar-refractivity contribution >= 4 is 5.97 Å². The summed E-state index contributed by atoms with van der Waals surface area (Å²) in [5.41, 5.74) is 5.54. The minimum Gasteiger partial charge on any atom is -0.458 e. The third-order valence-corrected chi connectivity index (χ3v) is 4.06. The average Bonchev–Trinajstić information content (AvgIpc) is 2.34. The highest BCUT2D eigenvalue weighted by molar-refractivity contribution is 5.75. The monoisotopic (exact) mass is 271 g/mol.